The summed E-state index contributed by atoms with van der Waals surface area (Å²) in [7, 11) is 0. The molecule has 9 nitrogen and oxygen atoms in total. The number of alkyl carbamates (subject to hydrolysis) is 1. The number of imide groups is 1. The lowest BCUT2D eigenvalue weighted by atomic mass is 10.0. The molecule has 2 saturated heterocycles. The van der Waals surface area contributed by atoms with Crippen LogP contribution in [0.4, 0.5) is 10.5 Å². The monoisotopic (exact) mass is 638 g/mol. The molecular formula is C36H34N2O7S. The van der Waals surface area contributed by atoms with E-state index in [0.717, 1.165) is 26.5 Å². The van der Waals surface area contributed by atoms with Gasteiger partial charge in [0, 0.05) is 22.6 Å². The van der Waals surface area contributed by atoms with Crippen LogP contribution in [-0.4, -0.2) is 40.9 Å². The molecule has 0 aliphatic carbocycles. The summed E-state index contributed by atoms with van der Waals surface area (Å²) >= 11 is 1.70. The minimum absolute atomic E-state index is 0.0418. The molecule has 46 heavy (non-hydrogen) atoms. The number of amides is 3. The molecule has 0 aromatic heterocycles. The fourth-order valence-corrected chi connectivity index (χ4v) is 6.40. The average molecular weight is 639 g/mol. The molecule has 4 unspecified atom stereocenters. The lowest BCUT2D eigenvalue weighted by Crippen LogP contribution is -2.42. The summed E-state index contributed by atoms with van der Waals surface area (Å²) in [6, 6.07) is 32.9. The van der Waals surface area contributed by atoms with Crippen molar-refractivity contribution in [2.75, 3.05) is 10.7 Å². The smallest absolute Gasteiger partial charge is 0.408 e. The van der Waals surface area contributed by atoms with Gasteiger partial charge in [-0.15, -0.1) is 11.8 Å². The van der Waals surface area contributed by atoms with E-state index >= 15 is 0 Å². The Morgan fingerprint density at radius 1 is 0.870 bits per heavy atom. The quantitative estimate of drug-likeness (QED) is 0.159. The van der Waals surface area contributed by atoms with Crippen LogP contribution in [0.5, 0.6) is 0 Å². The third kappa shape index (κ3) is 7.66. The maximum Gasteiger partial charge on any atom is 0.408 e. The van der Waals surface area contributed by atoms with Gasteiger partial charge in [0.25, 0.3) is 5.91 Å². The van der Waals surface area contributed by atoms with Gasteiger partial charge in [-0.05, 0) is 41.0 Å². The molecule has 4 aromatic carbocycles. The van der Waals surface area contributed by atoms with Crippen LogP contribution in [0.3, 0.4) is 0 Å². The number of benzene rings is 4. The molecule has 0 saturated carbocycles. The van der Waals surface area contributed by atoms with E-state index in [2.05, 4.69) is 17.4 Å². The fraction of sp³-hybridized carbons (Fsp3) is 0.250. The maximum absolute atomic E-state index is 13.3. The van der Waals surface area contributed by atoms with E-state index < -0.39 is 30.2 Å². The van der Waals surface area contributed by atoms with Crippen LogP contribution >= 0.6 is 11.8 Å². The highest BCUT2D eigenvalue weighted by Crippen LogP contribution is 2.40. The van der Waals surface area contributed by atoms with Crippen LogP contribution in [0.15, 0.2) is 114 Å². The van der Waals surface area contributed by atoms with Crippen LogP contribution in [-0.2, 0) is 37.0 Å². The predicted octanol–water partition coefficient (Wildman–Crippen LogP) is 6.07. The van der Waals surface area contributed by atoms with Gasteiger partial charge in [-0.3, -0.25) is 9.59 Å². The number of aliphatic hydroxyl groups is 1. The fourth-order valence-electron chi connectivity index (χ4n) is 5.46. The molecule has 236 valence electrons. The summed E-state index contributed by atoms with van der Waals surface area (Å²) in [5.74, 6) is -0.269. The van der Waals surface area contributed by atoms with Crippen molar-refractivity contribution in [3.63, 3.8) is 0 Å². The van der Waals surface area contributed by atoms with E-state index in [1.165, 1.54) is 0 Å². The lowest BCUT2D eigenvalue weighted by Gasteiger charge is -2.36. The van der Waals surface area contributed by atoms with Crippen molar-refractivity contribution in [3.8, 4) is 0 Å². The second kappa shape index (κ2) is 14.7. The average Bonchev–Trinajstić information content (AvgIpc) is 3.38. The first-order valence-electron chi connectivity index (χ1n) is 15.1. The molecule has 2 aliphatic rings. The van der Waals surface area contributed by atoms with Crippen molar-refractivity contribution >= 4 is 35.4 Å². The van der Waals surface area contributed by atoms with Gasteiger partial charge in [0.2, 0.25) is 5.91 Å². The number of rotatable bonds is 10. The Labute approximate surface area is 271 Å². The molecule has 4 aromatic rings. The Hall–Kier alpha value is -4.48. The molecule has 6 rings (SSSR count). The van der Waals surface area contributed by atoms with E-state index in [1.54, 1.807) is 30.0 Å². The number of hydrogen-bond acceptors (Lipinski definition) is 8. The van der Waals surface area contributed by atoms with E-state index in [9.17, 15) is 19.5 Å². The lowest BCUT2D eigenvalue weighted by molar-refractivity contribution is -0.245. The standard InChI is InChI=1S/C36H34N2O7S/c39-21-24-14-16-26(17-15-24)32-19-29(23-46-30-12-5-2-6-13-30)44-35(45-32)27-10-7-11-28(18-27)38-33(40)20-31(34(38)41)37-36(42)43-22-25-8-3-1-4-9-25/h1-18,29,31-32,35,39H,19-23H2,(H,37,42). The van der Waals surface area contributed by atoms with Gasteiger partial charge >= 0.3 is 6.09 Å². The van der Waals surface area contributed by atoms with Crippen molar-refractivity contribution in [1.82, 2.24) is 5.32 Å². The topological polar surface area (TPSA) is 114 Å². The van der Waals surface area contributed by atoms with Gasteiger partial charge in [0.15, 0.2) is 6.29 Å². The summed E-state index contributed by atoms with van der Waals surface area (Å²) in [6.07, 6.45) is -1.50. The van der Waals surface area contributed by atoms with Crippen molar-refractivity contribution < 1.29 is 33.7 Å². The van der Waals surface area contributed by atoms with Crippen LogP contribution in [0.1, 0.15) is 47.5 Å². The number of anilines is 1. The predicted molar refractivity (Wildman–Crippen MR) is 173 cm³/mol. The molecule has 4 atom stereocenters. The van der Waals surface area contributed by atoms with Crippen molar-refractivity contribution in [3.05, 3.63) is 131 Å². The molecule has 10 heteroatoms. The number of nitrogens with zero attached hydrogens (tertiary/aromatic N) is 1. The molecule has 2 aliphatic heterocycles. The first kappa shape index (κ1) is 31.5. The zero-order valence-electron chi connectivity index (χ0n) is 25.0. The number of ether oxygens (including phenoxy) is 3. The van der Waals surface area contributed by atoms with Gasteiger partial charge < -0.3 is 24.6 Å². The maximum atomic E-state index is 13.3. The van der Waals surface area contributed by atoms with Crippen LogP contribution in [0.25, 0.3) is 0 Å². The summed E-state index contributed by atoms with van der Waals surface area (Å²) in [4.78, 5) is 41.0. The third-order valence-electron chi connectivity index (χ3n) is 7.85. The molecule has 3 amide bonds. The van der Waals surface area contributed by atoms with Gasteiger partial charge in [0.05, 0.1) is 30.9 Å². The minimum atomic E-state index is -1.03. The van der Waals surface area contributed by atoms with E-state index in [-0.39, 0.29) is 31.8 Å². The van der Waals surface area contributed by atoms with Crippen molar-refractivity contribution in [2.45, 2.75) is 55.5 Å². The first-order valence-corrected chi connectivity index (χ1v) is 16.1. The number of carbonyl (C=O) groups is 3. The van der Waals surface area contributed by atoms with E-state index in [4.69, 9.17) is 14.2 Å². The second-order valence-corrected chi connectivity index (χ2v) is 12.2. The minimum Gasteiger partial charge on any atom is -0.445 e. The molecular weight excluding hydrogens is 604 g/mol. The molecule has 2 heterocycles. The summed E-state index contributed by atoms with van der Waals surface area (Å²) in [5.41, 5.74) is 3.61. The number of carbonyl (C=O) groups excluding carboxylic acids is 3. The normalized spacial score (nSPS) is 21.3. The van der Waals surface area contributed by atoms with E-state index in [0.29, 0.717) is 23.4 Å². The Bertz CT molecular complexity index is 1650. The first-order chi connectivity index (χ1) is 22.5. The number of nitrogens with one attached hydrogen (secondary N) is 1. The summed E-state index contributed by atoms with van der Waals surface area (Å²) < 4.78 is 18.2. The van der Waals surface area contributed by atoms with Crippen molar-refractivity contribution in [2.24, 2.45) is 0 Å². The largest absolute Gasteiger partial charge is 0.445 e. The zero-order chi connectivity index (χ0) is 31.9. The van der Waals surface area contributed by atoms with Crippen LogP contribution in [0.2, 0.25) is 0 Å². The number of hydrogen-bond donors (Lipinski definition) is 2. The molecule has 2 N–H and O–H groups in total. The third-order valence-corrected chi connectivity index (χ3v) is 8.99. The Morgan fingerprint density at radius 2 is 1.61 bits per heavy atom. The molecule has 0 radical (unpaired) electrons. The Kier molecular flexibility index (Phi) is 10.1. The van der Waals surface area contributed by atoms with Crippen LogP contribution < -0.4 is 10.2 Å². The van der Waals surface area contributed by atoms with Gasteiger partial charge in [-0.25, -0.2) is 9.69 Å². The zero-order valence-corrected chi connectivity index (χ0v) is 25.8. The Balaban J connectivity index is 1.16. The van der Waals surface area contributed by atoms with Crippen molar-refractivity contribution in [1.29, 1.82) is 0 Å². The van der Waals surface area contributed by atoms with Gasteiger partial charge in [-0.2, -0.15) is 0 Å². The molecule has 0 bridgehead atoms. The molecule has 0 spiro atoms. The SMILES string of the molecule is O=C(NC1CC(=O)N(c2cccc(C3OC(CSc4ccccc4)CC(c4ccc(CO)cc4)O3)c2)C1=O)OCc1ccccc1. The highest BCUT2D eigenvalue weighted by molar-refractivity contribution is 7.99. The van der Waals surface area contributed by atoms with Gasteiger partial charge in [0.1, 0.15) is 12.6 Å². The highest BCUT2D eigenvalue weighted by Gasteiger charge is 2.41. The molecule has 2 fully saturated rings. The summed E-state index contributed by atoms with van der Waals surface area (Å²) in [5, 5.41) is 12.0. The highest BCUT2D eigenvalue weighted by atomic mass is 32.2. The van der Waals surface area contributed by atoms with E-state index in [1.807, 2.05) is 78.9 Å². The number of thioether (sulfide) groups is 1. The van der Waals surface area contributed by atoms with Crippen LogP contribution in [0, 0.1) is 0 Å². The Morgan fingerprint density at radius 3 is 2.35 bits per heavy atom. The number of aliphatic hydroxyl groups excluding tert-OH is 1. The van der Waals surface area contributed by atoms with Gasteiger partial charge in [-0.1, -0.05) is 84.9 Å². The summed E-state index contributed by atoms with van der Waals surface area (Å²) in [6.45, 7) is 0.00592. The second-order valence-electron chi connectivity index (χ2n) is 11.1.